The highest BCUT2D eigenvalue weighted by molar-refractivity contribution is 14.0. The predicted molar refractivity (Wildman–Crippen MR) is 130 cm³/mol. The molecular formula is C22H36IN5O2. The maximum atomic E-state index is 12.7. The number of guanidine groups is 1. The molecule has 1 saturated heterocycles. The van der Waals surface area contributed by atoms with E-state index < -0.39 is 0 Å². The Balaban J connectivity index is 0.00000320. The van der Waals surface area contributed by atoms with Gasteiger partial charge in [-0.25, -0.2) is 4.98 Å². The number of halogens is 1. The molecule has 1 saturated carbocycles. The molecule has 0 spiro atoms. The minimum absolute atomic E-state index is 0. The molecule has 1 aromatic rings. The Morgan fingerprint density at radius 3 is 2.67 bits per heavy atom. The van der Waals surface area contributed by atoms with Gasteiger partial charge in [-0.1, -0.05) is 25.3 Å². The molecular weight excluding hydrogens is 493 g/mol. The van der Waals surface area contributed by atoms with Gasteiger partial charge in [0, 0.05) is 50.9 Å². The summed E-state index contributed by atoms with van der Waals surface area (Å²) in [7, 11) is 1.77. The molecule has 8 heteroatoms. The largest absolute Gasteiger partial charge is 0.475 e. The van der Waals surface area contributed by atoms with Gasteiger partial charge in [0.2, 0.25) is 11.8 Å². The van der Waals surface area contributed by atoms with Crippen LogP contribution in [0.2, 0.25) is 0 Å². The van der Waals surface area contributed by atoms with Crippen LogP contribution in [0.3, 0.4) is 0 Å². The standard InChI is InChI=1S/C22H35N5O2.HI/c1-16(2)29-20-10-9-17(13-24-20)14-25-22(23-3)26-19-11-12-27(15-19)21(28)18-7-5-4-6-8-18;/h9-10,13,16,18-19H,4-8,11-12,14-15H2,1-3H3,(H2,23,25,26);1H. The van der Waals surface area contributed by atoms with E-state index in [0.717, 1.165) is 43.9 Å². The number of nitrogens with one attached hydrogen (secondary N) is 2. The average molecular weight is 529 g/mol. The highest BCUT2D eigenvalue weighted by atomic mass is 127. The first-order chi connectivity index (χ1) is 14.0. The molecule has 2 fully saturated rings. The van der Waals surface area contributed by atoms with E-state index in [1.54, 1.807) is 7.05 Å². The minimum Gasteiger partial charge on any atom is -0.475 e. The Labute approximate surface area is 197 Å². The van der Waals surface area contributed by atoms with Crippen LogP contribution in [-0.4, -0.2) is 54.0 Å². The molecule has 2 aliphatic rings. The van der Waals surface area contributed by atoms with Crippen molar-refractivity contribution < 1.29 is 9.53 Å². The predicted octanol–water partition coefficient (Wildman–Crippen LogP) is 3.33. The van der Waals surface area contributed by atoms with Crippen molar-refractivity contribution in [3.05, 3.63) is 23.9 Å². The Kier molecular flexibility index (Phi) is 10.1. The number of carbonyl (C=O) groups excluding carboxylic acids is 1. The van der Waals surface area contributed by atoms with E-state index in [-0.39, 0.29) is 42.0 Å². The number of aromatic nitrogens is 1. The Morgan fingerprint density at radius 1 is 1.27 bits per heavy atom. The number of amides is 1. The number of aliphatic imine (C=N–C) groups is 1. The van der Waals surface area contributed by atoms with Gasteiger partial charge in [-0.05, 0) is 38.7 Å². The number of ether oxygens (including phenoxy) is 1. The third kappa shape index (κ3) is 7.28. The van der Waals surface area contributed by atoms with Crippen molar-refractivity contribution in [3.8, 4) is 5.88 Å². The number of likely N-dealkylation sites (tertiary alicyclic amines) is 1. The van der Waals surface area contributed by atoms with Crippen molar-refractivity contribution in [1.82, 2.24) is 20.5 Å². The van der Waals surface area contributed by atoms with Crippen LogP contribution in [-0.2, 0) is 11.3 Å². The third-order valence-corrected chi connectivity index (χ3v) is 5.63. The van der Waals surface area contributed by atoms with Crippen molar-refractivity contribution in [1.29, 1.82) is 0 Å². The van der Waals surface area contributed by atoms with Gasteiger partial charge < -0.3 is 20.3 Å². The second kappa shape index (κ2) is 12.3. The molecule has 1 atom stereocenters. The summed E-state index contributed by atoms with van der Waals surface area (Å²) in [5.41, 5.74) is 1.06. The van der Waals surface area contributed by atoms with Crippen LogP contribution in [0.15, 0.2) is 23.3 Å². The Morgan fingerprint density at radius 2 is 2.03 bits per heavy atom. The van der Waals surface area contributed by atoms with Crippen LogP contribution in [0.25, 0.3) is 0 Å². The molecule has 0 aromatic carbocycles. The zero-order valence-corrected chi connectivity index (χ0v) is 20.7. The van der Waals surface area contributed by atoms with Crippen molar-refractivity contribution in [3.63, 3.8) is 0 Å². The van der Waals surface area contributed by atoms with Crippen LogP contribution in [0.4, 0.5) is 0 Å². The zero-order chi connectivity index (χ0) is 20.6. The lowest BCUT2D eigenvalue weighted by Crippen LogP contribution is -2.45. The summed E-state index contributed by atoms with van der Waals surface area (Å²) in [6.07, 6.45) is 8.69. The Hall–Kier alpha value is -1.58. The summed E-state index contributed by atoms with van der Waals surface area (Å²) in [5, 5.41) is 6.80. The lowest BCUT2D eigenvalue weighted by atomic mass is 9.88. The van der Waals surface area contributed by atoms with E-state index >= 15 is 0 Å². The van der Waals surface area contributed by atoms with Crippen LogP contribution in [0.5, 0.6) is 5.88 Å². The van der Waals surface area contributed by atoms with Gasteiger partial charge >= 0.3 is 0 Å². The molecule has 0 bridgehead atoms. The number of nitrogens with zero attached hydrogens (tertiary/aromatic N) is 3. The SMILES string of the molecule is CN=C(NCc1ccc(OC(C)C)nc1)NC1CCN(C(=O)C2CCCCC2)C1.I. The summed E-state index contributed by atoms with van der Waals surface area (Å²) in [4.78, 5) is 23.4. The molecule has 1 amide bonds. The zero-order valence-electron chi connectivity index (χ0n) is 18.4. The first kappa shape index (κ1) is 24.7. The van der Waals surface area contributed by atoms with E-state index in [0.29, 0.717) is 18.3 Å². The molecule has 1 aliphatic heterocycles. The van der Waals surface area contributed by atoms with E-state index in [1.807, 2.05) is 37.1 Å². The van der Waals surface area contributed by atoms with Crippen LogP contribution in [0.1, 0.15) is 57.9 Å². The molecule has 0 radical (unpaired) electrons. The second-order valence-electron chi connectivity index (χ2n) is 8.35. The molecule has 30 heavy (non-hydrogen) atoms. The number of hydrogen-bond acceptors (Lipinski definition) is 4. The maximum absolute atomic E-state index is 12.7. The molecule has 2 heterocycles. The van der Waals surface area contributed by atoms with E-state index in [1.165, 1.54) is 19.3 Å². The highest BCUT2D eigenvalue weighted by Crippen LogP contribution is 2.26. The monoisotopic (exact) mass is 529 g/mol. The van der Waals surface area contributed by atoms with Crippen molar-refractivity contribution in [2.75, 3.05) is 20.1 Å². The van der Waals surface area contributed by atoms with Gasteiger partial charge in [0.15, 0.2) is 5.96 Å². The molecule has 7 nitrogen and oxygen atoms in total. The molecule has 1 aliphatic carbocycles. The van der Waals surface area contributed by atoms with Crippen LogP contribution in [0, 0.1) is 5.92 Å². The average Bonchev–Trinajstić information content (AvgIpc) is 3.20. The Bertz CT molecular complexity index is 689. The third-order valence-electron chi connectivity index (χ3n) is 5.63. The molecule has 1 aromatic heterocycles. The summed E-state index contributed by atoms with van der Waals surface area (Å²) >= 11 is 0. The summed E-state index contributed by atoms with van der Waals surface area (Å²) in [6, 6.07) is 4.14. The van der Waals surface area contributed by atoms with Gasteiger partial charge in [0.05, 0.1) is 6.10 Å². The first-order valence-electron chi connectivity index (χ1n) is 10.9. The fourth-order valence-electron chi connectivity index (χ4n) is 4.09. The molecule has 1 unspecified atom stereocenters. The van der Waals surface area contributed by atoms with Gasteiger partial charge in [-0.2, -0.15) is 0 Å². The highest BCUT2D eigenvalue weighted by Gasteiger charge is 2.31. The lowest BCUT2D eigenvalue weighted by Gasteiger charge is -2.26. The molecule has 2 N–H and O–H groups in total. The van der Waals surface area contributed by atoms with E-state index in [2.05, 4.69) is 20.6 Å². The van der Waals surface area contributed by atoms with Gasteiger partial charge in [0.25, 0.3) is 0 Å². The van der Waals surface area contributed by atoms with E-state index in [9.17, 15) is 4.79 Å². The smallest absolute Gasteiger partial charge is 0.225 e. The number of rotatable bonds is 6. The summed E-state index contributed by atoms with van der Waals surface area (Å²) < 4.78 is 5.58. The van der Waals surface area contributed by atoms with Gasteiger partial charge in [-0.3, -0.25) is 9.79 Å². The number of pyridine rings is 1. The molecule has 3 rings (SSSR count). The van der Waals surface area contributed by atoms with Gasteiger partial charge in [0.1, 0.15) is 0 Å². The normalized spacial score (nSPS) is 20.1. The van der Waals surface area contributed by atoms with Crippen molar-refractivity contribution in [2.24, 2.45) is 10.9 Å². The number of carbonyl (C=O) groups is 1. The maximum Gasteiger partial charge on any atom is 0.225 e. The fourth-order valence-corrected chi connectivity index (χ4v) is 4.09. The van der Waals surface area contributed by atoms with Crippen LogP contribution >= 0.6 is 24.0 Å². The second-order valence-corrected chi connectivity index (χ2v) is 8.35. The quantitative estimate of drug-likeness (QED) is 0.336. The minimum atomic E-state index is 0. The topological polar surface area (TPSA) is 78.9 Å². The first-order valence-corrected chi connectivity index (χ1v) is 10.9. The van der Waals surface area contributed by atoms with E-state index in [4.69, 9.17) is 4.74 Å². The lowest BCUT2D eigenvalue weighted by molar-refractivity contribution is -0.135. The molecule has 168 valence electrons. The summed E-state index contributed by atoms with van der Waals surface area (Å²) in [5.74, 6) is 1.99. The fraction of sp³-hybridized carbons (Fsp3) is 0.682. The van der Waals surface area contributed by atoms with Gasteiger partial charge in [-0.15, -0.1) is 24.0 Å². The summed E-state index contributed by atoms with van der Waals surface area (Å²) in [6.45, 7) is 6.20. The number of hydrogen-bond donors (Lipinski definition) is 2. The van der Waals surface area contributed by atoms with Crippen LogP contribution < -0.4 is 15.4 Å². The van der Waals surface area contributed by atoms with Crippen molar-refractivity contribution >= 4 is 35.8 Å². The van der Waals surface area contributed by atoms with Crippen molar-refractivity contribution in [2.45, 2.75) is 71.1 Å².